The molecule has 7 nitrogen and oxygen atoms in total. The molecule has 2 aromatic rings. The molecule has 0 atom stereocenters. The van der Waals surface area contributed by atoms with Crippen LogP contribution < -0.4 is 4.74 Å². The molecule has 0 saturated heterocycles. The van der Waals surface area contributed by atoms with Crippen molar-refractivity contribution in [3.05, 3.63) is 60.2 Å². The normalized spacial score (nSPS) is 13.7. The van der Waals surface area contributed by atoms with Gasteiger partial charge in [-0.15, -0.1) is 0 Å². The molecule has 0 saturated carbocycles. The minimum absolute atomic E-state index is 0.135. The maximum Gasteiger partial charge on any atom is 0.536 e. The molecule has 0 aliphatic carbocycles. The SMILES string of the molecule is COc1ccc(C(=NOS(=O)(=O)C(F)(F)F)C(F)(F)S(=O)(=O)c2ccccc2)cc1. The maximum atomic E-state index is 15.0. The van der Waals surface area contributed by atoms with Gasteiger partial charge in [0.15, 0.2) is 5.71 Å². The van der Waals surface area contributed by atoms with Crippen molar-refractivity contribution in [2.24, 2.45) is 5.16 Å². The minimum atomic E-state index is -6.42. The van der Waals surface area contributed by atoms with Crippen LogP contribution in [-0.2, 0) is 24.2 Å². The van der Waals surface area contributed by atoms with E-state index in [1.54, 1.807) is 0 Å². The smallest absolute Gasteiger partial charge is 0.497 e. The van der Waals surface area contributed by atoms with Gasteiger partial charge in [-0.3, -0.25) is 4.28 Å². The molecule has 0 N–H and O–H groups in total. The van der Waals surface area contributed by atoms with Crippen LogP contribution in [0.3, 0.4) is 0 Å². The van der Waals surface area contributed by atoms with E-state index in [0.29, 0.717) is 0 Å². The topological polar surface area (TPSA) is 99.1 Å². The number of rotatable bonds is 7. The number of hydrogen-bond donors (Lipinski definition) is 0. The molecule has 0 heterocycles. The van der Waals surface area contributed by atoms with Gasteiger partial charge in [0.25, 0.3) is 0 Å². The van der Waals surface area contributed by atoms with Crippen LogP contribution in [0.15, 0.2) is 64.6 Å². The number of ether oxygens (including phenoxy) is 1. The van der Waals surface area contributed by atoms with Gasteiger partial charge in [-0.2, -0.15) is 30.4 Å². The van der Waals surface area contributed by atoms with Crippen LogP contribution in [0.1, 0.15) is 5.56 Å². The van der Waals surface area contributed by atoms with Crippen molar-refractivity contribution in [1.29, 1.82) is 0 Å². The highest BCUT2D eigenvalue weighted by atomic mass is 32.2. The number of alkyl halides is 5. The van der Waals surface area contributed by atoms with Crippen LogP contribution in [0.4, 0.5) is 22.0 Å². The van der Waals surface area contributed by atoms with Crippen molar-refractivity contribution in [3.8, 4) is 5.75 Å². The largest absolute Gasteiger partial charge is 0.536 e. The van der Waals surface area contributed by atoms with E-state index in [0.717, 1.165) is 48.5 Å². The summed E-state index contributed by atoms with van der Waals surface area (Å²) in [6, 6.07) is 9.10. The Balaban J connectivity index is 2.67. The lowest BCUT2D eigenvalue weighted by Gasteiger charge is -2.19. The Morgan fingerprint density at radius 1 is 0.867 bits per heavy atom. The summed E-state index contributed by atoms with van der Waals surface area (Å²) < 4.78 is 123. The van der Waals surface area contributed by atoms with Gasteiger partial charge in [0.1, 0.15) is 5.75 Å². The highest BCUT2D eigenvalue weighted by molar-refractivity contribution is 7.93. The molecule has 0 unspecified atom stereocenters. The maximum absolute atomic E-state index is 15.0. The van der Waals surface area contributed by atoms with E-state index in [4.69, 9.17) is 4.74 Å². The summed E-state index contributed by atoms with van der Waals surface area (Å²) in [5.74, 6) is 0.135. The first kappa shape index (κ1) is 23.5. The lowest BCUT2D eigenvalue weighted by atomic mass is 10.1. The van der Waals surface area contributed by atoms with Gasteiger partial charge in [0.2, 0.25) is 9.84 Å². The second-order valence-corrected chi connectivity index (χ2v) is 8.99. The second-order valence-electron chi connectivity index (χ2n) is 5.48. The zero-order valence-electron chi connectivity index (χ0n) is 14.8. The number of sulfone groups is 1. The quantitative estimate of drug-likeness (QED) is 0.265. The predicted molar refractivity (Wildman–Crippen MR) is 94.2 cm³/mol. The summed E-state index contributed by atoms with van der Waals surface area (Å²) in [5.41, 5.74) is -8.57. The highest BCUT2D eigenvalue weighted by Gasteiger charge is 2.54. The molecule has 0 spiro atoms. The second kappa shape index (κ2) is 8.18. The van der Waals surface area contributed by atoms with E-state index in [-0.39, 0.29) is 5.75 Å². The Bertz CT molecular complexity index is 1130. The van der Waals surface area contributed by atoms with Crippen LogP contribution in [0, 0.1) is 0 Å². The molecular weight excluding hydrogens is 461 g/mol. The molecule has 0 aliphatic heterocycles. The fraction of sp³-hybridized carbons (Fsp3) is 0.188. The van der Waals surface area contributed by atoms with Crippen molar-refractivity contribution in [1.82, 2.24) is 0 Å². The van der Waals surface area contributed by atoms with Gasteiger partial charge in [0, 0.05) is 5.56 Å². The molecule has 164 valence electrons. The van der Waals surface area contributed by atoms with Gasteiger partial charge in [-0.1, -0.05) is 23.4 Å². The van der Waals surface area contributed by atoms with Gasteiger partial charge >= 0.3 is 20.9 Å². The fourth-order valence-electron chi connectivity index (χ4n) is 2.03. The molecular formula is C16H12F5NO6S2. The van der Waals surface area contributed by atoms with Crippen LogP contribution in [0.2, 0.25) is 0 Å². The molecule has 0 amide bonds. The average molecular weight is 473 g/mol. The van der Waals surface area contributed by atoms with E-state index in [9.17, 15) is 38.8 Å². The number of methoxy groups -OCH3 is 1. The summed E-state index contributed by atoms with van der Waals surface area (Å²) in [6.07, 6.45) is 0. The van der Waals surface area contributed by atoms with E-state index in [2.05, 4.69) is 9.44 Å². The lowest BCUT2D eigenvalue weighted by Crippen LogP contribution is -2.39. The highest BCUT2D eigenvalue weighted by Crippen LogP contribution is 2.34. The Morgan fingerprint density at radius 2 is 1.40 bits per heavy atom. The van der Waals surface area contributed by atoms with Gasteiger partial charge in [-0.05, 0) is 36.4 Å². The molecule has 0 aromatic heterocycles. The molecule has 30 heavy (non-hydrogen) atoms. The summed E-state index contributed by atoms with van der Waals surface area (Å²) in [5, 5.41) is -2.58. The van der Waals surface area contributed by atoms with E-state index in [1.165, 1.54) is 13.2 Å². The third kappa shape index (κ3) is 4.53. The van der Waals surface area contributed by atoms with E-state index < -0.39 is 46.9 Å². The van der Waals surface area contributed by atoms with Crippen molar-refractivity contribution < 1.29 is 47.8 Å². The third-order valence-electron chi connectivity index (χ3n) is 3.54. The first-order valence-corrected chi connectivity index (χ1v) is 10.5. The molecule has 0 radical (unpaired) electrons. The summed E-state index contributed by atoms with van der Waals surface area (Å²) in [4.78, 5) is -0.880. The zero-order chi connectivity index (χ0) is 22.8. The third-order valence-corrected chi connectivity index (χ3v) is 6.14. The summed E-state index contributed by atoms with van der Waals surface area (Å²) in [6.45, 7) is 0. The Labute approximate surface area is 167 Å². The molecule has 0 aliphatic rings. The van der Waals surface area contributed by atoms with E-state index >= 15 is 0 Å². The molecule has 0 bridgehead atoms. The predicted octanol–water partition coefficient (Wildman–Crippen LogP) is 3.33. The van der Waals surface area contributed by atoms with Crippen molar-refractivity contribution in [2.75, 3.05) is 7.11 Å². The van der Waals surface area contributed by atoms with Crippen LogP contribution >= 0.6 is 0 Å². The van der Waals surface area contributed by atoms with Crippen molar-refractivity contribution >= 4 is 25.7 Å². The number of halogens is 5. The number of hydrogen-bond acceptors (Lipinski definition) is 7. The standard InChI is InChI=1S/C16H12F5NO6S2/c1-27-12-9-7-11(8-10-12)14(22-28-30(25,26)16(19,20)21)15(17,18)29(23,24)13-5-3-2-4-6-13/h2-10H,1H3. The molecule has 2 rings (SSSR count). The molecule has 14 heteroatoms. The van der Waals surface area contributed by atoms with Crippen LogP contribution in [0.25, 0.3) is 0 Å². The van der Waals surface area contributed by atoms with Crippen molar-refractivity contribution in [2.45, 2.75) is 15.7 Å². The van der Waals surface area contributed by atoms with Gasteiger partial charge in [0.05, 0.1) is 12.0 Å². The van der Waals surface area contributed by atoms with Gasteiger partial charge in [-0.25, -0.2) is 8.42 Å². The average Bonchev–Trinajstić information content (AvgIpc) is 2.68. The first-order valence-electron chi connectivity index (χ1n) is 7.64. The minimum Gasteiger partial charge on any atom is -0.497 e. The molecule has 0 fully saturated rings. The van der Waals surface area contributed by atoms with Crippen LogP contribution in [0.5, 0.6) is 5.75 Å². The van der Waals surface area contributed by atoms with Crippen molar-refractivity contribution in [3.63, 3.8) is 0 Å². The summed E-state index contributed by atoms with van der Waals surface area (Å²) in [7, 11) is -10.7. The lowest BCUT2D eigenvalue weighted by molar-refractivity contribution is -0.0542. The monoisotopic (exact) mass is 473 g/mol. The molecule has 2 aromatic carbocycles. The summed E-state index contributed by atoms with van der Waals surface area (Å²) >= 11 is 0. The van der Waals surface area contributed by atoms with Crippen LogP contribution in [-0.4, -0.2) is 40.4 Å². The fourth-order valence-corrected chi connectivity index (χ4v) is 3.50. The number of nitrogens with zero attached hydrogens (tertiary/aromatic N) is 1. The Morgan fingerprint density at radius 3 is 1.87 bits per heavy atom. The Hall–Kier alpha value is -2.74. The Kier molecular flexibility index (Phi) is 6.42. The first-order chi connectivity index (χ1) is 13.7. The van der Waals surface area contributed by atoms with Gasteiger partial charge < -0.3 is 4.74 Å². The zero-order valence-corrected chi connectivity index (χ0v) is 16.4. The van der Waals surface area contributed by atoms with E-state index in [1.807, 2.05) is 0 Å². The number of oxime groups is 1. The number of benzene rings is 2.